The van der Waals surface area contributed by atoms with E-state index in [1.165, 1.54) is 11.3 Å². The molecule has 0 radical (unpaired) electrons. The van der Waals surface area contributed by atoms with Gasteiger partial charge in [-0.1, -0.05) is 35.9 Å². The summed E-state index contributed by atoms with van der Waals surface area (Å²) in [4.78, 5) is 16.8. The number of furan rings is 1. The summed E-state index contributed by atoms with van der Waals surface area (Å²) in [6.45, 7) is 5.82. The van der Waals surface area contributed by atoms with Crippen LogP contribution in [0.2, 0.25) is 0 Å². The van der Waals surface area contributed by atoms with Crippen molar-refractivity contribution in [3.05, 3.63) is 65.9 Å². The molecule has 1 saturated heterocycles. The summed E-state index contributed by atoms with van der Waals surface area (Å²) < 4.78 is 5.77. The highest BCUT2D eigenvalue weighted by Crippen LogP contribution is 2.19. The lowest BCUT2D eigenvalue weighted by atomic mass is 10.2. The zero-order valence-electron chi connectivity index (χ0n) is 15.6. The molecule has 0 atom stereocenters. The summed E-state index contributed by atoms with van der Waals surface area (Å²) in [6.07, 6.45) is 0.964. The average Bonchev–Trinajstić information content (AvgIpc) is 2.94. The van der Waals surface area contributed by atoms with Crippen LogP contribution in [0.25, 0.3) is 11.0 Å². The summed E-state index contributed by atoms with van der Waals surface area (Å²) in [7, 11) is 0. The maximum atomic E-state index is 12.6. The van der Waals surface area contributed by atoms with Crippen LogP contribution in [-0.2, 0) is 6.54 Å². The van der Waals surface area contributed by atoms with Crippen LogP contribution in [0.4, 0.5) is 10.5 Å². The number of aryl methyl sites for hydroxylation is 1. The third-order valence-electron chi connectivity index (χ3n) is 5.07. The van der Waals surface area contributed by atoms with Gasteiger partial charge < -0.3 is 19.5 Å². The van der Waals surface area contributed by atoms with Crippen LogP contribution in [0.3, 0.4) is 0 Å². The van der Waals surface area contributed by atoms with Gasteiger partial charge in [0.1, 0.15) is 11.3 Å². The first-order chi connectivity index (χ1) is 13.2. The third-order valence-corrected chi connectivity index (χ3v) is 5.07. The monoisotopic (exact) mass is 363 g/mol. The van der Waals surface area contributed by atoms with E-state index in [-0.39, 0.29) is 6.03 Å². The number of hydrogen-bond acceptors (Lipinski definition) is 3. The Morgan fingerprint density at radius 2 is 1.85 bits per heavy atom. The van der Waals surface area contributed by atoms with Gasteiger partial charge in [-0.3, -0.25) is 0 Å². The number of carbonyl (C=O) groups is 1. The van der Waals surface area contributed by atoms with E-state index < -0.39 is 0 Å². The average molecular weight is 363 g/mol. The smallest absolute Gasteiger partial charge is 0.317 e. The number of rotatable bonds is 3. The molecule has 4 rings (SSSR count). The number of carbonyl (C=O) groups excluding carboxylic acids is 1. The maximum Gasteiger partial charge on any atom is 0.317 e. The molecule has 0 bridgehead atoms. The van der Waals surface area contributed by atoms with Crippen molar-refractivity contribution in [3.63, 3.8) is 0 Å². The van der Waals surface area contributed by atoms with Crippen LogP contribution in [-0.4, -0.2) is 37.1 Å². The number of para-hydroxylation sites is 1. The van der Waals surface area contributed by atoms with Crippen molar-refractivity contribution in [2.75, 3.05) is 31.1 Å². The highest BCUT2D eigenvalue weighted by atomic mass is 16.3. The van der Waals surface area contributed by atoms with Crippen molar-refractivity contribution in [3.8, 4) is 0 Å². The Balaban J connectivity index is 1.33. The van der Waals surface area contributed by atoms with Crippen molar-refractivity contribution in [2.24, 2.45) is 0 Å². The summed E-state index contributed by atoms with van der Waals surface area (Å²) in [6, 6.07) is 18.4. The molecule has 0 aliphatic carbocycles. The standard InChI is InChI=1S/C22H25N3O2/c1-17-7-9-19(10-8-17)24-11-4-12-25(14-13-24)22(26)23-16-20-15-18-5-2-3-6-21(18)27-20/h2-3,5-10,15H,4,11-14,16H2,1H3,(H,23,26). The minimum atomic E-state index is -0.0267. The molecule has 1 aliphatic heterocycles. The Labute approximate surface area is 159 Å². The molecular weight excluding hydrogens is 338 g/mol. The lowest BCUT2D eigenvalue weighted by Gasteiger charge is -2.24. The number of anilines is 1. The van der Waals surface area contributed by atoms with E-state index in [1.807, 2.05) is 35.2 Å². The van der Waals surface area contributed by atoms with Crippen LogP contribution >= 0.6 is 0 Å². The first-order valence-corrected chi connectivity index (χ1v) is 9.51. The quantitative estimate of drug-likeness (QED) is 0.760. The lowest BCUT2D eigenvalue weighted by Crippen LogP contribution is -2.41. The topological polar surface area (TPSA) is 48.7 Å². The summed E-state index contributed by atoms with van der Waals surface area (Å²) >= 11 is 0. The Morgan fingerprint density at radius 3 is 2.67 bits per heavy atom. The van der Waals surface area contributed by atoms with Crippen molar-refractivity contribution in [2.45, 2.75) is 19.9 Å². The Hall–Kier alpha value is -2.95. The van der Waals surface area contributed by atoms with Gasteiger partial charge in [0.15, 0.2) is 0 Å². The normalized spacial score (nSPS) is 15.0. The van der Waals surface area contributed by atoms with Crippen molar-refractivity contribution in [1.82, 2.24) is 10.2 Å². The molecule has 5 heteroatoms. The van der Waals surface area contributed by atoms with Gasteiger partial charge in [-0.25, -0.2) is 4.79 Å². The largest absolute Gasteiger partial charge is 0.459 e. The molecule has 0 spiro atoms. The molecule has 2 aromatic carbocycles. The zero-order valence-corrected chi connectivity index (χ0v) is 15.6. The third kappa shape index (κ3) is 4.08. The number of urea groups is 1. The second kappa shape index (κ2) is 7.74. The van der Waals surface area contributed by atoms with Gasteiger partial charge in [-0.2, -0.15) is 0 Å². The first kappa shape index (κ1) is 17.5. The number of amides is 2. The van der Waals surface area contributed by atoms with E-state index in [4.69, 9.17) is 4.42 Å². The Bertz CT molecular complexity index is 884. The highest BCUT2D eigenvalue weighted by molar-refractivity contribution is 5.78. The second-order valence-electron chi connectivity index (χ2n) is 7.07. The van der Waals surface area contributed by atoms with E-state index in [2.05, 4.69) is 41.4 Å². The van der Waals surface area contributed by atoms with Gasteiger partial charge in [-0.15, -0.1) is 0 Å². The molecule has 1 aliphatic rings. The molecule has 3 aromatic rings. The second-order valence-corrected chi connectivity index (χ2v) is 7.07. The molecule has 27 heavy (non-hydrogen) atoms. The van der Waals surface area contributed by atoms with Gasteiger partial charge in [0.2, 0.25) is 0 Å². The van der Waals surface area contributed by atoms with Gasteiger partial charge in [0.05, 0.1) is 6.54 Å². The molecule has 1 N–H and O–H groups in total. The van der Waals surface area contributed by atoms with E-state index in [9.17, 15) is 4.79 Å². The lowest BCUT2D eigenvalue weighted by molar-refractivity contribution is 0.200. The fourth-order valence-electron chi connectivity index (χ4n) is 3.53. The maximum absolute atomic E-state index is 12.6. The molecule has 5 nitrogen and oxygen atoms in total. The number of hydrogen-bond donors (Lipinski definition) is 1. The van der Waals surface area contributed by atoms with Crippen LogP contribution in [0.5, 0.6) is 0 Å². The van der Waals surface area contributed by atoms with Crippen molar-refractivity contribution >= 4 is 22.7 Å². The summed E-state index contributed by atoms with van der Waals surface area (Å²) in [5, 5.41) is 4.05. The Kier molecular flexibility index (Phi) is 5.01. The van der Waals surface area contributed by atoms with Crippen LogP contribution in [0.15, 0.2) is 59.0 Å². The predicted molar refractivity (Wildman–Crippen MR) is 108 cm³/mol. The number of benzene rings is 2. The number of nitrogens with one attached hydrogen (secondary N) is 1. The molecule has 140 valence electrons. The highest BCUT2D eigenvalue weighted by Gasteiger charge is 2.19. The molecule has 2 heterocycles. The number of nitrogens with zero attached hydrogens (tertiary/aromatic N) is 2. The van der Waals surface area contributed by atoms with Crippen LogP contribution in [0, 0.1) is 6.92 Å². The van der Waals surface area contributed by atoms with E-state index in [0.29, 0.717) is 6.54 Å². The summed E-state index contributed by atoms with van der Waals surface area (Å²) in [5.41, 5.74) is 3.34. The van der Waals surface area contributed by atoms with Gasteiger partial charge in [0.25, 0.3) is 0 Å². The van der Waals surface area contributed by atoms with Crippen LogP contribution < -0.4 is 10.2 Å². The van der Waals surface area contributed by atoms with Gasteiger partial charge in [0, 0.05) is 37.3 Å². The van der Waals surface area contributed by atoms with E-state index in [1.54, 1.807) is 0 Å². The number of fused-ring (bicyclic) bond motifs is 1. The summed E-state index contributed by atoms with van der Waals surface area (Å²) in [5.74, 6) is 0.778. The van der Waals surface area contributed by atoms with Gasteiger partial charge >= 0.3 is 6.03 Å². The zero-order chi connectivity index (χ0) is 18.6. The van der Waals surface area contributed by atoms with E-state index in [0.717, 1.165) is 49.3 Å². The van der Waals surface area contributed by atoms with Crippen molar-refractivity contribution < 1.29 is 9.21 Å². The fourth-order valence-corrected chi connectivity index (χ4v) is 3.53. The molecule has 1 fully saturated rings. The molecular formula is C22H25N3O2. The predicted octanol–water partition coefficient (Wildman–Crippen LogP) is 4.16. The van der Waals surface area contributed by atoms with Crippen LogP contribution in [0.1, 0.15) is 17.7 Å². The van der Waals surface area contributed by atoms with Gasteiger partial charge in [-0.05, 0) is 37.6 Å². The molecule has 1 aromatic heterocycles. The molecule has 0 unspecified atom stereocenters. The van der Waals surface area contributed by atoms with Crippen molar-refractivity contribution in [1.29, 1.82) is 0 Å². The minimum Gasteiger partial charge on any atom is -0.459 e. The SMILES string of the molecule is Cc1ccc(N2CCCN(C(=O)NCc3cc4ccccc4o3)CC2)cc1. The van der Waals surface area contributed by atoms with E-state index >= 15 is 0 Å². The Morgan fingerprint density at radius 1 is 1.04 bits per heavy atom. The molecule has 2 amide bonds. The minimum absolute atomic E-state index is 0.0267. The first-order valence-electron chi connectivity index (χ1n) is 9.51. The molecule has 0 saturated carbocycles. The fraction of sp³-hybridized carbons (Fsp3) is 0.318.